The first-order chi connectivity index (χ1) is 27.3. The maximum absolute atomic E-state index is 5.38. The van der Waals surface area contributed by atoms with E-state index in [2.05, 4.69) is 188 Å². The number of aromatic nitrogens is 3. The lowest BCUT2D eigenvalue weighted by atomic mass is 9.91. The number of rotatable bonds is 5. The van der Waals surface area contributed by atoms with Crippen molar-refractivity contribution in [3.8, 4) is 56.4 Å². The van der Waals surface area contributed by atoms with Gasteiger partial charge in [0.2, 0.25) is 0 Å². The molecule has 4 heteroatoms. The Labute approximate surface area is 321 Å². The van der Waals surface area contributed by atoms with Crippen molar-refractivity contribution < 1.29 is 0 Å². The van der Waals surface area contributed by atoms with Crippen LogP contribution < -0.4 is 0 Å². The third-order valence-electron chi connectivity index (χ3n) is 10.7. The number of hydrogen-bond donors (Lipinski definition) is 0. The molecule has 0 N–H and O–H groups in total. The Kier molecular flexibility index (Phi) is 7.35. The molecule has 256 valence electrons. The van der Waals surface area contributed by atoms with E-state index in [1.807, 2.05) is 0 Å². The van der Waals surface area contributed by atoms with Crippen molar-refractivity contribution in [1.29, 1.82) is 0 Å². The minimum Gasteiger partial charge on any atom is -0.208 e. The van der Waals surface area contributed by atoms with Crippen LogP contribution in [-0.2, 0) is 0 Å². The van der Waals surface area contributed by atoms with Gasteiger partial charge in [0.05, 0.1) is 0 Å². The molecule has 2 heterocycles. The normalized spacial score (nSPS) is 11.6. The standard InChI is InChI=1S/C51H31N3S/c1-2-15-33-30-35(29-28-32(33)14-1)37-18-5-9-23-43(37)49-52-50(54-51(53-49)45-26-13-25-42-41-22-11-12-27-47(41)55-48(42)45)44-24-10-8-21-40(44)46-31-34-16-3-4-17-36(34)38-19-6-7-20-39(38)46/h1-31H. The second-order valence-corrected chi connectivity index (χ2v) is 15.0. The molecule has 0 radical (unpaired) electrons. The van der Waals surface area contributed by atoms with Crippen molar-refractivity contribution in [1.82, 2.24) is 15.0 Å². The Balaban J connectivity index is 1.18. The smallest absolute Gasteiger partial charge is 0.165 e. The Bertz CT molecular complexity index is 3290. The van der Waals surface area contributed by atoms with Gasteiger partial charge in [-0.3, -0.25) is 0 Å². The molecule has 55 heavy (non-hydrogen) atoms. The summed E-state index contributed by atoms with van der Waals surface area (Å²) in [5, 5.41) is 9.72. The van der Waals surface area contributed by atoms with Crippen molar-refractivity contribution in [3.63, 3.8) is 0 Å². The highest BCUT2D eigenvalue weighted by atomic mass is 32.1. The average molecular weight is 718 g/mol. The quantitative estimate of drug-likeness (QED) is 0.166. The van der Waals surface area contributed by atoms with E-state index in [9.17, 15) is 0 Å². The maximum Gasteiger partial charge on any atom is 0.165 e. The van der Waals surface area contributed by atoms with Gasteiger partial charge in [-0.05, 0) is 78.8 Å². The molecular weight excluding hydrogens is 687 g/mol. The van der Waals surface area contributed by atoms with Gasteiger partial charge >= 0.3 is 0 Å². The SMILES string of the molecule is c1ccc(-c2nc(-c3ccccc3-c3cc4ccccc4c4ccccc34)nc(-c3cccc4c3sc3ccccc34)n2)c(-c2ccc3ccccc3c2)c1. The van der Waals surface area contributed by atoms with E-state index in [1.54, 1.807) is 11.3 Å². The van der Waals surface area contributed by atoms with E-state index >= 15 is 0 Å². The summed E-state index contributed by atoms with van der Waals surface area (Å²) in [6, 6.07) is 66.9. The van der Waals surface area contributed by atoms with Crippen LogP contribution in [0.15, 0.2) is 188 Å². The molecule has 0 fully saturated rings. The zero-order valence-corrected chi connectivity index (χ0v) is 30.5. The zero-order valence-electron chi connectivity index (χ0n) is 29.6. The molecular formula is C51H31N3S. The number of fused-ring (bicyclic) bond motifs is 7. The Morgan fingerprint density at radius 2 is 0.818 bits per heavy atom. The van der Waals surface area contributed by atoms with Crippen LogP contribution in [0.3, 0.4) is 0 Å². The summed E-state index contributed by atoms with van der Waals surface area (Å²) in [6.07, 6.45) is 0. The van der Waals surface area contributed by atoms with Crippen molar-refractivity contribution in [2.75, 3.05) is 0 Å². The third-order valence-corrected chi connectivity index (χ3v) is 12.0. The number of benzene rings is 9. The van der Waals surface area contributed by atoms with Gasteiger partial charge in [0.25, 0.3) is 0 Å². The molecule has 0 aliphatic heterocycles. The van der Waals surface area contributed by atoms with Crippen LogP contribution in [0.2, 0.25) is 0 Å². The van der Waals surface area contributed by atoms with E-state index in [1.165, 1.54) is 52.5 Å². The van der Waals surface area contributed by atoms with Gasteiger partial charge in [-0.25, -0.2) is 15.0 Å². The Morgan fingerprint density at radius 3 is 1.60 bits per heavy atom. The highest BCUT2D eigenvalue weighted by molar-refractivity contribution is 7.26. The third kappa shape index (κ3) is 5.30. The first kappa shape index (κ1) is 31.5. The Hall–Kier alpha value is -7.01. The van der Waals surface area contributed by atoms with Gasteiger partial charge < -0.3 is 0 Å². The second-order valence-electron chi connectivity index (χ2n) is 13.9. The molecule has 0 atom stereocenters. The molecule has 0 aliphatic carbocycles. The van der Waals surface area contributed by atoms with Crippen LogP contribution in [0.5, 0.6) is 0 Å². The summed E-state index contributed by atoms with van der Waals surface area (Å²) in [7, 11) is 0. The van der Waals surface area contributed by atoms with Crippen LogP contribution in [0.1, 0.15) is 0 Å². The molecule has 9 aromatic carbocycles. The number of hydrogen-bond acceptors (Lipinski definition) is 4. The van der Waals surface area contributed by atoms with Crippen LogP contribution in [0.4, 0.5) is 0 Å². The van der Waals surface area contributed by atoms with Crippen LogP contribution >= 0.6 is 11.3 Å². The fourth-order valence-corrected chi connectivity index (χ4v) is 9.35. The van der Waals surface area contributed by atoms with Gasteiger partial charge in [-0.15, -0.1) is 11.3 Å². The summed E-state index contributed by atoms with van der Waals surface area (Å²) >= 11 is 1.79. The lowest BCUT2D eigenvalue weighted by molar-refractivity contribution is 1.08. The van der Waals surface area contributed by atoms with Gasteiger partial charge in [0.15, 0.2) is 17.5 Å². The van der Waals surface area contributed by atoms with Gasteiger partial charge in [-0.1, -0.05) is 164 Å². The first-order valence-corrected chi connectivity index (χ1v) is 19.3. The van der Waals surface area contributed by atoms with Crippen molar-refractivity contribution >= 4 is 63.8 Å². The summed E-state index contributed by atoms with van der Waals surface area (Å²) in [6.45, 7) is 0. The molecule has 11 rings (SSSR count). The molecule has 0 spiro atoms. The molecule has 0 aliphatic rings. The van der Waals surface area contributed by atoms with Gasteiger partial charge in [-0.2, -0.15) is 0 Å². The van der Waals surface area contributed by atoms with Crippen molar-refractivity contribution in [2.24, 2.45) is 0 Å². The molecule has 0 unspecified atom stereocenters. The lowest BCUT2D eigenvalue weighted by Gasteiger charge is -2.16. The van der Waals surface area contributed by atoms with Crippen molar-refractivity contribution in [2.45, 2.75) is 0 Å². The fourth-order valence-electron chi connectivity index (χ4n) is 8.14. The summed E-state index contributed by atoms with van der Waals surface area (Å²) < 4.78 is 2.41. The van der Waals surface area contributed by atoms with E-state index in [-0.39, 0.29) is 0 Å². The second kappa shape index (κ2) is 12.8. The summed E-state index contributed by atoms with van der Waals surface area (Å²) in [4.78, 5) is 16.1. The number of nitrogens with zero attached hydrogens (tertiary/aromatic N) is 3. The van der Waals surface area contributed by atoms with Crippen LogP contribution in [-0.4, -0.2) is 15.0 Å². The molecule has 2 aromatic heterocycles. The minimum absolute atomic E-state index is 0.638. The van der Waals surface area contributed by atoms with E-state index in [4.69, 9.17) is 15.0 Å². The highest BCUT2D eigenvalue weighted by Crippen LogP contribution is 2.42. The molecule has 0 bridgehead atoms. The molecule has 0 saturated carbocycles. The summed E-state index contributed by atoms with van der Waals surface area (Å²) in [5.74, 6) is 1.93. The van der Waals surface area contributed by atoms with Crippen LogP contribution in [0.25, 0.3) is 109 Å². The van der Waals surface area contributed by atoms with Gasteiger partial charge in [0.1, 0.15) is 0 Å². The van der Waals surface area contributed by atoms with Crippen LogP contribution in [0, 0.1) is 0 Å². The monoisotopic (exact) mass is 717 g/mol. The zero-order chi connectivity index (χ0) is 36.3. The first-order valence-electron chi connectivity index (χ1n) is 18.5. The van der Waals surface area contributed by atoms with E-state index in [0.717, 1.165) is 38.9 Å². The van der Waals surface area contributed by atoms with E-state index in [0.29, 0.717) is 17.5 Å². The van der Waals surface area contributed by atoms with E-state index < -0.39 is 0 Å². The predicted molar refractivity (Wildman–Crippen MR) is 232 cm³/mol. The molecule has 11 aromatic rings. The van der Waals surface area contributed by atoms with Gasteiger partial charge in [0, 0.05) is 36.9 Å². The average Bonchev–Trinajstić information content (AvgIpc) is 3.65. The minimum atomic E-state index is 0.638. The molecule has 0 amide bonds. The summed E-state index contributed by atoms with van der Waals surface area (Å²) in [5.41, 5.74) is 7.34. The van der Waals surface area contributed by atoms with Crippen molar-refractivity contribution in [3.05, 3.63) is 188 Å². The highest BCUT2D eigenvalue weighted by Gasteiger charge is 2.21. The lowest BCUT2D eigenvalue weighted by Crippen LogP contribution is -2.02. The Morgan fingerprint density at radius 1 is 0.291 bits per heavy atom. The fraction of sp³-hybridized carbons (Fsp3) is 0. The topological polar surface area (TPSA) is 38.7 Å². The maximum atomic E-state index is 5.38. The predicted octanol–water partition coefficient (Wildman–Crippen LogP) is 14.0. The number of thiophene rings is 1. The molecule has 3 nitrogen and oxygen atoms in total. The largest absolute Gasteiger partial charge is 0.208 e. The molecule has 0 saturated heterocycles.